The van der Waals surface area contributed by atoms with Crippen LogP contribution in [0.25, 0.3) is 11.3 Å². The quantitative estimate of drug-likeness (QED) is 0.691. The Bertz CT molecular complexity index is 1080. The van der Waals surface area contributed by atoms with Gasteiger partial charge in [-0.15, -0.1) is 11.3 Å². The fourth-order valence-electron chi connectivity index (χ4n) is 2.62. The third-order valence-corrected chi connectivity index (χ3v) is 6.13. The first-order valence-corrected chi connectivity index (χ1v) is 11.2. The van der Waals surface area contributed by atoms with Crippen molar-refractivity contribution < 1.29 is 13.2 Å². The number of amides is 1. The highest BCUT2D eigenvalue weighted by atomic mass is 32.2. The van der Waals surface area contributed by atoms with Crippen molar-refractivity contribution in [3.8, 4) is 11.3 Å². The Balaban J connectivity index is 1.82. The van der Waals surface area contributed by atoms with Crippen LogP contribution in [0.5, 0.6) is 0 Å². The van der Waals surface area contributed by atoms with Crippen LogP contribution < -0.4 is 5.32 Å². The summed E-state index contributed by atoms with van der Waals surface area (Å²) in [5.41, 5.74) is 4.05. The zero-order chi connectivity index (χ0) is 19.6. The van der Waals surface area contributed by atoms with E-state index in [-0.39, 0.29) is 10.8 Å². The van der Waals surface area contributed by atoms with Crippen LogP contribution in [-0.2, 0) is 16.3 Å². The van der Waals surface area contributed by atoms with E-state index in [2.05, 4.69) is 29.4 Å². The van der Waals surface area contributed by atoms with Crippen LogP contribution in [0.15, 0.2) is 52.7 Å². The normalized spacial score (nSPS) is 11.4. The van der Waals surface area contributed by atoms with Crippen molar-refractivity contribution in [3.05, 3.63) is 64.5 Å². The van der Waals surface area contributed by atoms with Gasteiger partial charge in [0.05, 0.1) is 10.6 Å². The molecule has 0 atom stereocenters. The zero-order valence-corrected chi connectivity index (χ0v) is 16.9. The predicted octanol–water partition coefficient (Wildman–Crippen LogP) is 4.34. The molecule has 3 rings (SSSR count). The number of aryl methyl sites for hydroxylation is 2. The van der Waals surface area contributed by atoms with Gasteiger partial charge in [-0.3, -0.25) is 10.1 Å². The molecule has 1 aromatic heterocycles. The second-order valence-electron chi connectivity index (χ2n) is 6.29. The Morgan fingerprint density at radius 1 is 1.15 bits per heavy atom. The number of carbonyl (C=O) groups excluding carboxylic acids is 1. The number of anilines is 1. The molecule has 0 bridgehead atoms. The fraction of sp³-hybridized carbons (Fsp3) is 0.200. The summed E-state index contributed by atoms with van der Waals surface area (Å²) in [7, 11) is -3.38. The maximum absolute atomic E-state index is 12.6. The van der Waals surface area contributed by atoms with Crippen LogP contribution in [0.1, 0.15) is 28.4 Å². The highest BCUT2D eigenvalue weighted by Crippen LogP contribution is 2.26. The van der Waals surface area contributed by atoms with Crippen molar-refractivity contribution in [2.75, 3.05) is 11.6 Å². The molecule has 0 unspecified atom stereocenters. The van der Waals surface area contributed by atoms with Crippen molar-refractivity contribution in [1.82, 2.24) is 4.98 Å². The predicted molar refractivity (Wildman–Crippen MR) is 109 cm³/mol. The van der Waals surface area contributed by atoms with Gasteiger partial charge in [0.25, 0.3) is 5.91 Å². The molecule has 0 aliphatic carbocycles. The van der Waals surface area contributed by atoms with Gasteiger partial charge < -0.3 is 0 Å². The lowest BCUT2D eigenvalue weighted by Crippen LogP contribution is -2.14. The number of hydrogen-bond acceptors (Lipinski definition) is 5. The van der Waals surface area contributed by atoms with E-state index in [1.807, 2.05) is 17.5 Å². The third-order valence-electron chi connectivity index (χ3n) is 4.26. The lowest BCUT2D eigenvalue weighted by Gasteiger charge is -2.07. The molecule has 5 nitrogen and oxygen atoms in total. The largest absolute Gasteiger partial charge is 0.298 e. The van der Waals surface area contributed by atoms with Crippen molar-refractivity contribution in [2.45, 2.75) is 25.2 Å². The van der Waals surface area contributed by atoms with Gasteiger partial charge in [-0.05, 0) is 36.6 Å². The number of thiazole rings is 1. The fourth-order valence-corrected chi connectivity index (χ4v) is 3.98. The van der Waals surface area contributed by atoms with E-state index in [9.17, 15) is 13.2 Å². The van der Waals surface area contributed by atoms with E-state index >= 15 is 0 Å². The molecule has 0 aliphatic heterocycles. The summed E-state index contributed by atoms with van der Waals surface area (Å²) in [6.45, 7) is 3.87. The monoisotopic (exact) mass is 400 g/mol. The summed E-state index contributed by atoms with van der Waals surface area (Å²) in [6, 6.07) is 12.7. The van der Waals surface area contributed by atoms with Crippen LogP contribution in [-0.4, -0.2) is 25.6 Å². The Hall–Kier alpha value is -2.51. The average Bonchev–Trinajstić information content (AvgIpc) is 3.09. The number of sulfone groups is 1. The van der Waals surface area contributed by atoms with E-state index in [0.29, 0.717) is 16.3 Å². The number of nitrogens with one attached hydrogen (secondary N) is 1. The van der Waals surface area contributed by atoms with E-state index < -0.39 is 9.84 Å². The molecule has 0 saturated carbocycles. The Kier molecular flexibility index (Phi) is 5.43. The van der Waals surface area contributed by atoms with Crippen LogP contribution in [0.2, 0.25) is 0 Å². The summed E-state index contributed by atoms with van der Waals surface area (Å²) in [5.74, 6) is -0.375. The SMILES string of the molecule is CCc1ccc(-c2csc(NC(=O)c3cc(S(C)(=O)=O)ccc3C)n2)cc1. The first-order chi connectivity index (χ1) is 12.8. The van der Waals surface area contributed by atoms with Gasteiger partial charge in [0, 0.05) is 22.8 Å². The lowest BCUT2D eigenvalue weighted by molar-refractivity contribution is 0.102. The maximum Gasteiger partial charge on any atom is 0.257 e. The molecule has 2 aromatic carbocycles. The van der Waals surface area contributed by atoms with E-state index in [4.69, 9.17) is 0 Å². The van der Waals surface area contributed by atoms with E-state index in [0.717, 1.165) is 23.9 Å². The second kappa shape index (κ2) is 7.62. The highest BCUT2D eigenvalue weighted by Gasteiger charge is 2.16. The summed E-state index contributed by atoms with van der Waals surface area (Å²) in [6.07, 6.45) is 2.10. The molecule has 140 valence electrons. The first kappa shape index (κ1) is 19.3. The Morgan fingerprint density at radius 3 is 2.48 bits per heavy atom. The number of benzene rings is 2. The number of carbonyl (C=O) groups is 1. The molecule has 1 N–H and O–H groups in total. The molecule has 1 amide bonds. The van der Waals surface area contributed by atoms with Gasteiger partial charge in [-0.25, -0.2) is 13.4 Å². The minimum atomic E-state index is -3.38. The molecular formula is C20H20N2O3S2. The number of hydrogen-bond donors (Lipinski definition) is 1. The van der Waals surface area contributed by atoms with Crippen LogP contribution in [0.4, 0.5) is 5.13 Å². The average molecular weight is 401 g/mol. The smallest absolute Gasteiger partial charge is 0.257 e. The maximum atomic E-state index is 12.6. The minimum Gasteiger partial charge on any atom is -0.298 e. The lowest BCUT2D eigenvalue weighted by atomic mass is 10.1. The molecule has 0 spiro atoms. The van der Waals surface area contributed by atoms with Crippen molar-refractivity contribution in [3.63, 3.8) is 0 Å². The van der Waals surface area contributed by atoms with E-state index in [1.54, 1.807) is 13.0 Å². The summed E-state index contributed by atoms with van der Waals surface area (Å²) in [5, 5.41) is 5.12. The first-order valence-electron chi connectivity index (χ1n) is 8.45. The minimum absolute atomic E-state index is 0.120. The molecule has 0 radical (unpaired) electrons. The number of aromatic nitrogens is 1. The van der Waals surface area contributed by atoms with Gasteiger partial charge >= 0.3 is 0 Å². The molecule has 0 saturated heterocycles. The van der Waals surface area contributed by atoms with Crippen molar-refractivity contribution >= 4 is 32.2 Å². The molecule has 3 aromatic rings. The van der Waals surface area contributed by atoms with Crippen molar-refractivity contribution in [2.24, 2.45) is 0 Å². The third kappa shape index (κ3) is 4.43. The molecule has 0 aliphatic rings. The second-order valence-corrected chi connectivity index (χ2v) is 9.17. The molecular weight excluding hydrogens is 380 g/mol. The van der Waals surface area contributed by atoms with Gasteiger partial charge in [0.15, 0.2) is 15.0 Å². The molecule has 0 fully saturated rings. The van der Waals surface area contributed by atoms with Gasteiger partial charge in [0.2, 0.25) is 0 Å². The number of nitrogens with zero attached hydrogens (tertiary/aromatic N) is 1. The molecule has 27 heavy (non-hydrogen) atoms. The van der Waals surface area contributed by atoms with Crippen LogP contribution in [0.3, 0.4) is 0 Å². The van der Waals surface area contributed by atoms with E-state index in [1.165, 1.54) is 29.0 Å². The van der Waals surface area contributed by atoms with Gasteiger partial charge in [0.1, 0.15) is 0 Å². The number of rotatable bonds is 5. The van der Waals surface area contributed by atoms with Gasteiger partial charge in [-0.2, -0.15) is 0 Å². The Morgan fingerprint density at radius 2 is 1.85 bits per heavy atom. The summed E-state index contributed by atoms with van der Waals surface area (Å²) >= 11 is 1.33. The van der Waals surface area contributed by atoms with Crippen LogP contribution >= 0.6 is 11.3 Å². The zero-order valence-electron chi connectivity index (χ0n) is 15.3. The highest BCUT2D eigenvalue weighted by molar-refractivity contribution is 7.90. The molecule has 1 heterocycles. The summed E-state index contributed by atoms with van der Waals surface area (Å²) < 4.78 is 23.5. The van der Waals surface area contributed by atoms with Crippen LogP contribution in [0, 0.1) is 6.92 Å². The Labute approximate surface area is 163 Å². The standard InChI is InChI=1S/C20H20N2O3S2/c1-4-14-6-8-15(9-7-14)18-12-26-20(21-18)22-19(23)17-11-16(27(3,24)25)10-5-13(17)2/h5-12H,4H2,1-3H3,(H,21,22,23). The molecule has 7 heteroatoms. The van der Waals surface area contributed by atoms with Crippen molar-refractivity contribution in [1.29, 1.82) is 0 Å². The topological polar surface area (TPSA) is 76.1 Å². The summed E-state index contributed by atoms with van der Waals surface area (Å²) in [4.78, 5) is 17.2. The van der Waals surface area contributed by atoms with Gasteiger partial charge in [-0.1, -0.05) is 37.3 Å².